The van der Waals surface area contributed by atoms with Crippen molar-refractivity contribution in [3.8, 4) is 0 Å². The molecule has 0 radical (unpaired) electrons. The molecule has 0 aliphatic carbocycles. The molecular weight excluding hydrogens is 278 g/mol. The van der Waals surface area contributed by atoms with Crippen molar-refractivity contribution in [1.29, 1.82) is 0 Å². The van der Waals surface area contributed by atoms with Gasteiger partial charge in [0.15, 0.2) is 0 Å². The molecule has 2 unspecified atom stereocenters. The summed E-state index contributed by atoms with van der Waals surface area (Å²) in [6.45, 7) is 5.39. The predicted octanol–water partition coefficient (Wildman–Crippen LogP) is 2.42. The van der Waals surface area contributed by atoms with E-state index in [4.69, 9.17) is 16.3 Å². The fourth-order valence-electron chi connectivity index (χ4n) is 2.45. The highest BCUT2D eigenvalue weighted by Gasteiger charge is 2.31. The summed E-state index contributed by atoms with van der Waals surface area (Å²) in [6, 6.07) is 1.79. The Morgan fingerprint density at radius 2 is 2.40 bits per heavy atom. The molecule has 2 rings (SSSR count). The maximum Gasteiger partial charge on any atom is 0.255 e. The minimum Gasteiger partial charge on any atom is -0.376 e. The number of nitrogens with zero attached hydrogens (tertiary/aromatic N) is 2. The Morgan fingerprint density at radius 1 is 1.65 bits per heavy atom. The Morgan fingerprint density at radius 3 is 3.00 bits per heavy atom. The lowest BCUT2D eigenvalue weighted by Gasteiger charge is -2.27. The number of ether oxygens (including phenoxy) is 1. The van der Waals surface area contributed by atoms with Gasteiger partial charge in [-0.05, 0) is 26.3 Å². The second kappa shape index (κ2) is 6.41. The molecular formula is C14H20ClN3O2. The van der Waals surface area contributed by atoms with Gasteiger partial charge >= 0.3 is 0 Å². The van der Waals surface area contributed by atoms with Gasteiger partial charge in [0.05, 0.1) is 22.7 Å². The molecule has 1 fully saturated rings. The molecule has 20 heavy (non-hydrogen) atoms. The first-order valence-corrected chi connectivity index (χ1v) is 7.20. The summed E-state index contributed by atoms with van der Waals surface area (Å²) in [7, 11) is 1.79. The topological polar surface area (TPSA) is 54.5 Å². The van der Waals surface area contributed by atoms with Crippen LogP contribution in [0.4, 0.5) is 5.82 Å². The Bertz CT molecular complexity index is 495. The molecule has 0 spiro atoms. The highest BCUT2D eigenvalue weighted by Crippen LogP contribution is 2.24. The van der Waals surface area contributed by atoms with Crippen LogP contribution >= 0.6 is 11.6 Å². The number of amides is 1. The van der Waals surface area contributed by atoms with Gasteiger partial charge in [-0.25, -0.2) is 4.98 Å². The van der Waals surface area contributed by atoms with Crippen LogP contribution in [0.25, 0.3) is 0 Å². The van der Waals surface area contributed by atoms with E-state index < -0.39 is 0 Å². The smallest absolute Gasteiger partial charge is 0.255 e. The molecule has 0 saturated carbocycles. The third-order valence-electron chi connectivity index (χ3n) is 3.60. The predicted molar refractivity (Wildman–Crippen MR) is 79.3 cm³/mol. The number of pyridine rings is 1. The monoisotopic (exact) mass is 297 g/mol. The van der Waals surface area contributed by atoms with Gasteiger partial charge in [-0.2, -0.15) is 0 Å². The van der Waals surface area contributed by atoms with Crippen molar-refractivity contribution in [3.05, 3.63) is 22.8 Å². The third-order valence-corrected chi connectivity index (χ3v) is 3.90. The quantitative estimate of drug-likeness (QED) is 0.927. The van der Waals surface area contributed by atoms with Crippen LogP contribution in [-0.2, 0) is 4.74 Å². The molecule has 1 N–H and O–H groups in total. The molecule has 2 atom stereocenters. The zero-order chi connectivity index (χ0) is 14.7. The highest BCUT2D eigenvalue weighted by atomic mass is 35.5. The minimum atomic E-state index is -0.0982. The van der Waals surface area contributed by atoms with Crippen LogP contribution < -0.4 is 5.32 Å². The Hall–Kier alpha value is -1.33. The maximum atomic E-state index is 12.6. The Labute approximate surface area is 124 Å². The number of anilines is 1. The second-order valence-corrected chi connectivity index (χ2v) is 5.33. The number of aromatic nitrogens is 1. The van der Waals surface area contributed by atoms with Crippen molar-refractivity contribution in [3.63, 3.8) is 0 Å². The van der Waals surface area contributed by atoms with Gasteiger partial charge in [0.25, 0.3) is 5.91 Å². The van der Waals surface area contributed by atoms with Gasteiger partial charge in [0.2, 0.25) is 0 Å². The summed E-state index contributed by atoms with van der Waals surface area (Å²) < 4.78 is 5.51. The molecule has 0 bridgehead atoms. The first-order chi connectivity index (χ1) is 9.54. The standard InChI is InChI=1S/C14H20ClN3O2/c1-4-16-13-7-10(11(15)8-17-13)14(19)18(3)12-5-6-20-9(12)2/h7-9,12H,4-6H2,1-3H3,(H,16,17). The molecule has 1 aliphatic rings. The van der Waals surface area contributed by atoms with E-state index in [0.29, 0.717) is 23.0 Å². The van der Waals surface area contributed by atoms with Crippen molar-refractivity contribution in [2.45, 2.75) is 32.4 Å². The van der Waals surface area contributed by atoms with Gasteiger partial charge in [-0.3, -0.25) is 4.79 Å². The van der Waals surface area contributed by atoms with Crippen molar-refractivity contribution < 1.29 is 9.53 Å². The van der Waals surface area contributed by atoms with Crippen LogP contribution in [0.3, 0.4) is 0 Å². The number of hydrogen-bond donors (Lipinski definition) is 1. The van der Waals surface area contributed by atoms with Crippen molar-refractivity contribution in [1.82, 2.24) is 9.88 Å². The SMILES string of the molecule is CCNc1cc(C(=O)N(C)C2CCOC2C)c(Cl)cn1. The van der Waals surface area contributed by atoms with Crippen LogP contribution in [-0.4, -0.2) is 48.1 Å². The van der Waals surface area contributed by atoms with E-state index in [9.17, 15) is 4.79 Å². The largest absolute Gasteiger partial charge is 0.376 e. The fraction of sp³-hybridized carbons (Fsp3) is 0.571. The number of hydrogen-bond acceptors (Lipinski definition) is 4. The first-order valence-electron chi connectivity index (χ1n) is 6.82. The lowest BCUT2D eigenvalue weighted by molar-refractivity contribution is 0.0575. The molecule has 110 valence electrons. The summed E-state index contributed by atoms with van der Waals surface area (Å²) in [5.41, 5.74) is 0.471. The van der Waals surface area contributed by atoms with Gasteiger partial charge in [-0.15, -0.1) is 0 Å². The molecule has 6 heteroatoms. The van der Waals surface area contributed by atoms with Gasteiger partial charge in [-0.1, -0.05) is 11.6 Å². The van der Waals surface area contributed by atoms with E-state index in [1.807, 2.05) is 13.8 Å². The van der Waals surface area contributed by atoms with Gasteiger partial charge < -0.3 is 15.0 Å². The minimum absolute atomic E-state index is 0.0535. The van der Waals surface area contributed by atoms with Crippen LogP contribution in [0.2, 0.25) is 5.02 Å². The van der Waals surface area contributed by atoms with Crippen molar-refractivity contribution in [2.24, 2.45) is 0 Å². The summed E-state index contributed by atoms with van der Waals surface area (Å²) in [5, 5.41) is 3.45. The first kappa shape index (κ1) is 15.1. The summed E-state index contributed by atoms with van der Waals surface area (Å²) in [4.78, 5) is 18.4. The highest BCUT2D eigenvalue weighted by molar-refractivity contribution is 6.33. The van der Waals surface area contributed by atoms with Crippen molar-refractivity contribution >= 4 is 23.3 Å². The van der Waals surface area contributed by atoms with E-state index in [1.165, 1.54) is 6.20 Å². The average molecular weight is 298 g/mol. The summed E-state index contributed by atoms with van der Waals surface area (Å²) in [6.07, 6.45) is 2.42. The lowest BCUT2D eigenvalue weighted by Crippen LogP contribution is -2.41. The third kappa shape index (κ3) is 3.04. The molecule has 1 aliphatic heterocycles. The van der Waals surface area contributed by atoms with Gasteiger partial charge in [0, 0.05) is 26.4 Å². The number of nitrogens with one attached hydrogen (secondary N) is 1. The van der Waals surface area contributed by atoms with Crippen LogP contribution in [0.5, 0.6) is 0 Å². The Kier molecular flexibility index (Phi) is 4.83. The van der Waals surface area contributed by atoms with E-state index in [1.54, 1.807) is 18.0 Å². The van der Waals surface area contributed by atoms with Crippen LogP contribution in [0.15, 0.2) is 12.3 Å². The number of likely N-dealkylation sites (N-methyl/N-ethyl adjacent to an activating group) is 1. The summed E-state index contributed by atoms with van der Waals surface area (Å²) in [5.74, 6) is 0.559. The normalized spacial score (nSPS) is 21.8. The molecule has 2 heterocycles. The van der Waals surface area contributed by atoms with Crippen LogP contribution in [0.1, 0.15) is 30.6 Å². The average Bonchev–Trinajstić information content (AvgIpc) is 2.86. The molecule has 1 aromatic rings. The van der Waals surface area contributed by atoms with Crippen molar-refractivity contribution in [2.75, 3.05) is 25.5 Å². The Balaban J connectivity index is 2.21. The molecule has 1 aromatic heterocycles. The van der Waals surface area contributed by atoms with Gasteiger partial charge in [0.1, 0.15) is 5.82 Å². The molecule has 1 amide bonds. The van der Waals surface area contributed by atoms with Crippen LogP contribution in [0, 0.1) is 0 Å². The lowest BCUT2D eigenvalue weighted by atomic mass is 10.1. The number of carbonyl (C=O) groups is 1. The number of carbonyl (C=O) groups excluding carboxylic acids is 1. The van der Waals surface area contributed by atoms with E-state index in [0.717, 1.165) is 13.0 Å². The summed E-state index contributed by atoms with van der Waals surface area (Å²) >= 11 is 6.11. The molecule has 1 saturated heterocycles. The van der Waals surface area contributed by atoms with E-state index in [2.05, 4.69) is 10.3 Å². The molecule has 0 aromatic carbocycles. The zero-order valence-corrected chi connectivity index (χ0v) is 12.8. The fourth-order valence-corrected chi connectivity index (χ4v) is 2.63. The van der Waals surface area contributed by atoms with E-state index >= 15 is 0 Å². The second-order valence-electron chi connectivity index (χ2n) is 4.93. The van der Waals surface area contributed by atoms with E-state index in [-0.39, 0.29) is 18.1 Å². The number of halogens is 1. The molecule has 5 nitrogen and oxygen atoms in total. The number of rotatable bonds is 4. The zero-order valence-electron chi connectivity index (χ0n) is 12.0. The maximum absolute atomic E-state index is 12.6.